The molecule has 1 atom stereocenters. The Hall–Kier alpha value is -2.41. The second kappa shape index (κ2) is 10.8. The van der Waals surface area contributed by atoms with Crippen molar-refractivity contribution < 1.29 is 18.7 Å². The third-order valence-electron chi connectivity index (χ3n) is 4.97. The van der Waals surface area contributed by atoms with Gasteiger partial charge in [-0.3, -0.25) is 9.59 Å². The van der Waals surface area contributed by atoms with Crippen LogP contribution in [-0.4, -0.2) is 35.9 Å². The zero-order valence-corrected chi connectivity index (χ0v) is 20.3. The van der Waals surface area contributed by atoms with E-state index in [4.69, 9.17) is 4.74 Å². The number of carbonyl (C=O) groups excluding carboxylic acids is 2. The molecule has 1 N–H and O–H groups in total. The molecule has 0 fully saturated rings. The Labute approximate surface area is 192 Å². The van der Waals surface area contributed by atoms with Crippen molar-refractivity contribution in [2.75, 3.05) is 13.2 Å². The maximum Gasteiger partial charge on any atom is 0.261 e. The van der Waals surface area contributed by atoms with Crippen molar-refractivity contribution in [2.45, 2.75) is 52.6 Å². The van der Waals surface area contributed by atoms with Gasteiger partial charge in [0.05, 0.1) is 4.47 Å². The van der Waals surface area contributed by atoms with Crippen LogP contribution in [0, 0.1) is 5.82 Å². The highest BCUT2D eigenvalue weighted by Gasteiger charge is 2.27. The Morgan fingerprint density at radius 2 is 1.87 bits per heavy atom. The number of carbonyl (C=O) groups is 2. The van der Waals surface area contributed by atoms with Gasteiger partial charge < -0.3 is 15.0 Å². The molecule has 0 radical (unpaired) electrons. The van der Waals surface area contributed by atoms with E-state index in [1.807, 2.05) is 18.2 Å². The van der Waals surface area contributed by atoms with Crippen LogP contribution < -0.4 is 10.1 Å². The molecule has 0 spiro atoms. The van der Waals surface area contributed by atoms with Crippen molar-refractivity contribution in [2.24, 2.45) is 0 Å². The van der Waals surface area contributed by atoms with E-state index in [9.17, 15) is 14.0 Å². The molecule has 0 bridgehead atoms. The summed E-state index contributed by atoms with van der Waals surface area (Å²) >= 11 is 3.50. The van der Waals surface area contributed by atoms with Crippen molar-refractivity contribution >= 4 is 27.7 Å². The van der Waals surface area contributed by atoms with Gasteiger partial charge in [0.1, 0.15) is 17.6 Å². The van der Waals surface area contributed by atoms with Crippen LogP contribution in [0.1, 0.15) is 45.7 Å². The summed E-state index contributed by atoms with van der Waals surface area (Å²) in [5.74, 6) is -0.612. The van der Waals surface area contributed by atoms with Gasteiger partial charge in [0.15, 0.2) is 6.61 Å². The van der Waals surface area contributed by atoms with E-state index in [0.29, 0.717) is 17.9 Å². The number of likely N-dealkylation sites (N-methyl/N-ethyl adjacent to an activating group) is 1. The van der Waals surface area contributed by atoms with Gasteiger partial charge in [0.2, 0.25) is 5.91 Å². The first kappa shape index (κ1) is 24.9. The molecule has 0 aliphatic carbocycles. The SMILES string of the molecule is CCNC(=O)C(C)N(Cc1ccccc1F)C(=O)COc1ccc(C(C)(C)C)cc1Br. The summed E-state index contributed by atoms with van der Waals surface area (Å²) in [6.45, 7) is 9.90. The number of hydrogen-bond donors (Lipinski definition) is 1. The van der Waals surface area contributed by atoms with Crippen LogP contribution in [0.2, 0.25) is 0 Å². The first-order chi connectivity index (χ1) is 14.5. The smallest absolute Gasteiger partial charge is 0.261 e. The van der Waals surface area contributed by atoms with E-state index in [2.05, 4.69) is 42.0 Å². The average Bonchev–Trinajstić information content (AvgIpc) is 2.71. The molecular weight excluding hydrogens is 463 g/mol. The minimum Gasteiger partial charge on any atom is -0.483 e. The molecule has 0 saturated heterocycles. The summed E-state index contributed by atoms with van der Waals surface area (Å²) in [4.78, 5) is 26.7. The number of amides is 2. The fraction of sp³-hybridized carbons (Fsp3) is 0.417. The number of nitrogens with zero attached hydrogens (tertiary/aromatic N) is 1. The van der Waals surface area contributed by atoms with E-state index in [0.717, 1.165) is 10.0 Å². The molecular formula is C24H30BrFN2O3. The second-order valence-corrected chi connectivity index (χ2v) is 9.22. The molecule has 7 heteroatoms. The standard InChI is InChI=1S/C24H30BrFN2O3/c1-6-27-23(30)16(2)28(14-17-9-7-8-10-20(17)26)22(29)15-31-21-12-11-18(13-19(21)25)24(3,4)5/h7-13,16H,6,14-15H2,1-5H3,(H,27,30). The summed E-state index contributed by atoms with van der Waals surface area (Å²) in [5.41, 5.74) is 1.45. The number of rotatable bonds is 8. The van der Waals surface area contributed by atoms with Crippen LogP contribution in [0.25, 0.3) is 0 Å². The number of halogens is 2. The molecule has 0 heterocycles. The first-order valence-electron chi connectivity index (χ1n) is 10.3. The third-order valence-corrected chi connectivity index (χ3v) is 5.59. The van der Waals surface area contributed by atoms with Gasteiger partial charge in [-0.25, -0.2) is 4.39 Å². The normalized spacial score (nSPS) is 12.2. The lowest BCUT2D eigenvalue weighted by Crippen LogP contribution is -2.49. The topological polar surface area (TPSA) is 58.6 Å². The lowest BCUT2D eigenvalue weighted by atomic mass is 9.87. The fourth-order valence-electron chi connectivity index (χ4n) is 3.02. The summed E-state index contributed by atoms with van der Waals surface area (Å²) in [7, 11) is 0. The highest BCUT2D eigenvalue weighted by atomic mass is 79.9. The Morgan fingerprint density at radius 3 is 2.45 bits per heavy atom. The lowest BCUT2D eigenvalue weighted by molar-refractivity contribution is -0.142. The molecule has 1 unspecified atom stereocenters. The molecule has 2 aromatic rings. The highest BCUT2D eigenvalue weighted by Crippen LogP contribution is 2.31. The minimum absolute atomic E-state index is 0.0184. The fourth-order valence-corrected chi connectivity index (χ4v) is 3.51. The highest BCUT2D eigenvalue weighted by molar-refractivity contribution is 9.10. The van der Waals surface area contributed by atoms with Gasteiger partial charge in [-0.2, -0.15) is 0 Å². The predicted octanol–water partition coefficient (Wildman–Crippen LogP) is 4.82. The van der Waals surface area contributed by atoms with Gasteiger partial charge in [-0.15, -0.1) is 0 Å². The largest absolute Gasteiger partial charge is 0.483 e. The maximum atomic E-state index is 14.2. The quantitative estimate of drug-likeness (QED) is 0.574. The molecule has 0 saturated carbocycles. The summed E-state index contributed by atoms with van der Waals surface area (Å²) in [5, 5.41) is 2.71. The molecule has 0 aliphatic rings. The Kier molecular flexibility index (Phi) is 8.62. The number of nitrogens with one attached hydrogen (secondary N) is 1. The second-order valence-electron chi connectivity index (χ2n) is 8.37. The van der Waals surface area contributed by atoms with E-state index >= 15 is 0 Å². The van der Waals surface area contributed by atoms with Crippen LogP contribution in [0.4, 0.5) is 4.39 Å². The van der Waals surface area contributed by atoms with Crippen molar-refractivity contribution in [3.05, 3.63) is 63.9 Å². The number of ether oxygens (including phenoxy) is 1. The van der Waals surface area contributed by atoms with Crippen LogP contribution in [0.3, 0.4) is 0 Å². The molecule has 2 rings (SSSR count). The maximum absolute atomic E-state index is 14.2. The van der Waals surface area contributed by atoms with E-state index in [1.165, 1.54) is 11.0 Å². The van der Waals surface area contributed by atoms with Gasteiger partial charge in [0.25, 0.3) is 5.91 Å². The average molecular weight is 493 g/mol. The Morgan fingerprint density at radius 1 is 1.19 bits per heavy atom. The molecule has 2 aromatic carbocycles. The Bertz CT molecular complexity index is 927. The van der Waals surface area contributed by atoms with Crippen molar-refractivity contribution in [3.63, 3.8) is 0 Å². The van der Waals surface area contributed by atoms with E-state index < -0.39 is 17.8 Å². The van der Waals surface area contributed by atoms with Crippen molar-refractivity contribution in [1.82, 2.24) is 10.2 Å². The van der Waals surface area contributed by atoms with Gasteiger partial charge >= 0.3 is 0 Å². The van der Waals surface area contributed by atoms with Crippen LogP contribution in [-0.2, 0) is 21.5 Å². The first-order valence-corrected chi connectivity index (χ1v) is 11.1. The zero-order valence-electron chi connectivity index (χ0n) is 18.7. The molecule has 0 aliphatic heterocycles. The molecule has 168 valence electrons. The third kappa shape index (κ3) is 6.79. The van der Waals surface area contributed by atoms with Gasteiger partial charge in [0, 0.05) is 18.7 Å². The molecule has 31 heavy (non-hydrogen) atoms. The summed E-state index contributed by atoms with van der Waals surface area (Å²) in [6, 6.07) is 11.2. The van der Waals surface area contributed by atoms with E-state index in [1.54, 1.807) is 32.0 Å². The van der Waals surface area contributed by atoms with E-state index in [-0.39, 0.29) is 24.5 Å². The minimum atomic E-state index is -0.776. The van der Waals surface area contributed by atoms with Gasteiger partial charge in [-0.1, -0.05) is 45.0 Å². The van der Waals surface area contributed by atoms with Gasteiger partial charge in [-0.05, 0) is 59.0 Å². The molecule has 5 nitrogen and oxygen atoms in total. The number of benzene rings is 2. The number of hydrogen-bond acceptors (Lipinski definition) is 3. The Balaban J connectivity index is 2.19. The van der Waals surface area contributed by atoms with Crippen molar-refractivity contribution in [1.29, 1.82) is 0 Å². The monoisotopic (exact) mass is 492 g/mol. The molecule has 2 amide bonds. The van der Waals surface area contributed by atoms with Crippen LogP contribution in [0.5, 0.6) is 5.75 Å². The summed E-state index contributed by atoms with van der Waals surface area (Å²) in [6.07, 6.45) is 0. The molecule has 0 aromatic heterocycles. The zero-order chi connectivity index (χ0) is 23.2. The van der Waals surface area contributed by atoms with Crippen molar-refractivity contribution in [3.8, 4) is 5.75 Å². The van der Waals surface area contributed by atoms with Crippen LogP contribution in [0.15, 0.2) is 46.9 Å². The predicted molar refractivity (Wildman–Crippen MR) is 123 cm³/mol. The summed E-state index contributed by atoms with van der Waals surface area (Å²) < 4.78 is 20.7. The van der Waals surface area contributed by atoms with Crippen LogP contribution >= 0.6 is 15.9 Å². The lowest BCUT2D eigenvalue weighted by Gasteiger charge is -2.29.